The van der Waals surface area contributed by atoms with Crippen LogP contribution in [0.4, 0.5) is 14.5 Å². The molecule has 5 heteroatoms. The lowest BCUT2D eigenvalue weighted by atomic mass is 10.1. The molecule has 0 aliphatic heterocycles. The number of nitrogens with one attached hydrogen (secondary N) is 1. The molecule has 1 rings (SSSR count). The molecule has 0 aromatic heterocycles. The van der Waals surface area contributed by atoms with Gasteiger partial charge in [0.05, 0.1) is 0 Å². The van der Waals surface area contributed by atoms with Gasteiger partial charge in [-0.2, -0.15) is 0 Å². The number of nitrogens with zero attached hydrogens (tertiary/aromatic N) is 1. The fraction of sp³-hybridized carbons (Fsp3) is 0.417. The largest absolute Gasteiger partial charge is 0.384 e. The van der Waals surface area contributed by atoms with E-state index >= 15 is 0 Å². The first-order valence-corrected chi connectivity index (χ1v) is 5.48. The Kier molecular flexibility index (Phi) is 4.04. The fourth-order valence-corrected chi connectivity index (χ4v) is 1.78. The Morgan fingerprint density at radius 3 is 2.12 bits per heavy atom. The molecule has 0 atom stereocenters. The molecule has 0 aliphatic carbocycles. The second-order valence-corrected chi connectivity index (χ2v) is 4.08. The van der Waals surface area contributed by atoms with Crippen molar-refractivity contribution in [3.63, 3.8) is 0 Å². The number of rotatable bonds is 4. The van der Waals surface area contributed by atoms with Gasteiger partial charge in [-0.3, -0.25) is 5.41 Å². The topological polar surface area (TPSA) is 53.1 Å². The molecular formula is C12H17F2N3. The van der Waals surface area contributed by atoms with Crippen LogP contribution in [0, 0.1) is 17.0 Å². The zero-order valence-electron chi connectivity index (χ0n) is 10.2. The van der Waals surface area contributed by atoms with E-state index in [0.29, 0.717) is 6.54 Å². The van der Waals surface area contributed by atoms with Crippen LogP contribution < -0.4 is 10.6 Å². The minimum atomic E-state index is -0.689. The number of hydrogen-bond acceptors (Lipinski definition) is 2. The van der Waals surface area contributed by atoms with Gasteiger partial charge in [-0.05, 0) is 32.9 Å². The average Bonchev–Trinajstić information content (AvgIpc) is 2.22. The predicted octanol–water partition coefficient (Wildman–Crippen LogP) is 2.48. The summed E-state index contributed by atoms with van der Waals surface area (Å²) in [5.74, 6) is -1.72. The van der Waals surface area contributed by atoms with E-state index in [-0.39, 0.29) is 23.1 Å². The maximum Gasteiger partial charge on any atom is 0.150 e. The van der Waals surface area contributed by atoms with Crippen molar-refractivity contribution in [2.75, 3.05) is 11.4 Å². The summed E-state index contributed by atoms with van der Waals surface area (Å²) in [6.45, 7) is 6.06. The van der Waals surface area contributed by atoms with E-state index in [1.165, 1.54) is 0 Å². The summed E-state index contributed by atoms with van der Waals surface area (Å²) in [6, 6.07) is 2.17. The lowest BCUT2D eigenvalue weighted by Gasteiger charge is -2.28. The van der Waals surface area contributed by atoms with Crippen LogP contribution in [0.1, 0.15) is 26.3 Å². The van der Waals surface area contributed by atoms with Crippen molar-refractivity contribution in [2.45, 2.75) is 26.8 Å². The number of anilines is 1. The second-order valence-electron chi connectivity index (χ2n) is 4.08. The highest BCUT2D eigenvalue weighted by atomic mass is 19.1. The van der Waals surface area contributed by atoms with Crippen molar-refractivity contribution in [3.8, 4) is 0 Å². The van der Waals surface area contributed by atoms with Crippen LogP contribution in [0.15, 0.2) is 12.1 Å². The van der Waals surface area contributed by atoms with Gasteiger partial charge < -0.3 is 10.6 Å². The molecule has 0 unspecified atom stereocenters. The van der Waals surface area contributed by atoms with Gasteiger partial charge in [-0.25, -0.2) is 8.78 Å². The van der Waals surface area contributed by atoms with Gasteiger partial charge in [0.25, 0.3) is 0 Å². The maximum absolute atomic E-state index is 13.8. The molecule has 0 fully saturated rings. The van der Waals surface area contributed by atoms with Gasteiger partial charge in [-0.1, -0.05) is 0 Å². The Morgan fingerprint density at radius 1 is 1.35 bits per heavy atom. The lowest BCUT2D eigenvalue weighted by molar-refractivity contribution is 0.558. The molecule has 0 bridgehead atoms. The first-order valence-electron chi connectivity index (χ1n) is 5.48. The van der Waals surface area contributed by atoms with E-state index in [2.05, 4.69) is 0 Å². The Morgan fingerprint density at radius 2 is 1.82 bits per heavy atom. The molecule has 0 saturated heterocycles. The molecule has 17 heavy (non-hydrogen) atoms. The average molecular weight is 241 g/mol. The molecule has 94 valence electrons. The summed E-state index contributed by atoms with van der Waals surface area (Å²) in [7, 11) is 0. The van der Waals surface area contributed by atoms with E-state index < -0.39 is 11.6 Å². The third-order valence-corrected chi connectivity index (χ3v) is 2.58. The molecule has 1 aromatic carbocycles. The lowest BCUT2D eigenvalue weighted by Crippen LogP contribution is -2.32. The van der Waals surface area contributed by atoms with Crippen molar-refractivity contribution >= 4 is 11.5 Å². The summed E-state index contributed by atoms with van der Waals surface area (Å²) in [6.07, 6.45) is 0. The molecule has 0 saturated carbocycles. The van der Waals surface area contributed by atoms with E-state index in [4.69, 9.17) is 11.1 Å². The third kappa shape index (κ3) is 2.72. The monoisotopic (exact) mass is 241 g/mol. The van der Waals surface area contributed by atoms with Crippen LogP contribution >= 0.6 is 0 Å². The predicted molar refractivity (Wildman–Crippen MR) is 65.5 cm³/mol. The summed E-state index contributed by atoms with van der Waals surface area (Å²) in [5, 5.41) is 7.17. The van der Waals surface area contributed by atoms with Crippen LogP contribution in [0.3, 0.4) is 0 Å². The first kappa shape index (κ1) is 13.4. The molecule has 3 nitrogen and oxygen atoms in total. The Hall–Kier alpha value is -1.65. The summed E-state index contributed by atoms with van der Waals surface area (Å²) >= 11 is 0. The number of halogens is 2. The van der Waals surface area contributed by atoms with E-state index in [9.17, 15) is 8.78 Å². The van der Waals surface area contributed by atoms with Crippen LogP contribution in [0.25, 0.3) is 0 Å². The van der Waals surface area contributed by atoms with Gasteiger partial charge in [0.1, 0.15) is 23.2 Å². The Bertz CT molecular complexity index is 407. The van der Waals surface area contributed by atoms with Crippen LogP contribution in [-0.2, 0) is 0 Å². The van der Waals surface area contributed by atoms with Gasteiger partial charge in [0.2, 0.25) is 0 Å². The van der Waals surface area contributed by atoms with E-state index in [1.807, 2.05) is 20.8 Å². The summed E-state index contributed by atoms with van der Waals surface area (Å²) in [4.78, 5) is 1.62. The highest BCUT2D eigenvalue weighted by Crippen LogP contribution is 2.26. The fourth-order valence-electron chi connectivity index (χ4n) is 1.78. The van der Waals surface area contributed by atoms with Gasteiger partial charge >= 0.3 is 0 Å². The minimum absolute atomic E-state index is 0.00724. The standard InChI is InChI=1S/C12H17F2N3/c1-4-17(7(2)3)11-9(13)5-8(12(15)16)6-10(11)14/h5-7H,4H2,1-3H3,(H3,15,16). The maximum atomic E-state index is 13.8. The second kappa shape index (κ2) is 5.12. The highest BCUT2D eigenvalue weighted by molar-refractivity contribution is 5.95. The Balaban J connectivity index is 3.30. The van der Waals surface area contributed by atoms with Crippen molar-refractivity contribution < 1.29 is 8.78 Å². The number of benzene rings is 1. The van der Waals surface area contributed by atoms with Gasteiger partial charge in [0.15, 0.2) is 0 Å². The molecular weight excluding hydrogens is 224 g/mol. The molecule has 1 aromatic rings. The SMILES string of the molecule is CCN(c1c(F)cc(C(=N)N)cc1F)C(C)C. The minimum Gasteiger partial charge on any atom is -0.384 e. The number of hydrogen-bond donors (Lipinski definition) is 2. The highest BCUT2D eigenvalue weighted by Gasteiger charge is 2.19. The molecule has 0 heterocycles. The molecule has 0 spiro atoms. The molecule has 3 N–H and O–H groups in total. The summed E-state index contributed by atoms with van der Waals surface area (Å²) < 4.78 is 27.7. The number of nitrogen functional groups attached to an aromatic ring is 1. The van der Waals surface area contributed by atoms with Crippen LogP contribution in [0.5, 0.6) is 0 Å². The van der Waals surface area contributed by atoms with E-state index in [0.717, 1.165) is 12.1 Å². The smallest absolute Gasteiger partial charge is 0.150 e. The molecule has 0 amide bonds. The third-order valence-electron chi connectivity index (χ3n) is 2.58. The number of nitrogens with two attached hydrogens (primary N) is 1. The summed E-state index contributed by atoms with van der Waals surface area (Å²) in [5.41, 5.74) is 5.20. The molecule has 0 radical (unpaired) electrons. The zero-order chi connectivity index (χ0) is 13.2. The zero-order valence-corrected chi connectivity index (χ0v) is 10.2. The first-order chi connectivity index (χ1) is 7.88. The van der Waals surface area contributed by atoms with Crippen molar-refractivity contribution in [3.05, 3.63) is 29.3 Å². The Labute approximate surface area is 99.7 Å². The normalized spacial score (nSPS) is 10.7. The van der Waals surface area contributed by atoms with Gasteiger partial charge in [0, 0.05) is 18.2 Å². The van der Waals surface area contributed by atoms with Crippen molar-refractivity contribution in [1.29, 1.82) is 5.41 Å². The quantitative estimate of drug-likeness (QED) is 0.628. The van der Waals surface area contributed by atoms with Gasteiger partial charge in [-0.15, -0.1) is 0 Å². The van der Waals surface area contributed by atoms with Crippen LogP contribution in [0.2, 0.25) is 0 Å². The van der Waals surface area contributed by atoms with Crippen LogP contribution in [-0.4, -0.2) is 18.4 Å². The van der Waals surface area contributed by atoms with E-state index in [1.54, 1.807) is 4.90 Å². The van der Waals surface area contributed by atoms with Crippen molar-refractivity contribution in [1.82, 2.24) is 0 Å². The molecule has 0 aliphatic rings. The number of amidine groups is 1. The van der Waals surface area contributed by atoms with Crippen molar-refractivity contribution in [2.24, 2.45) is 5.73 Å².